The van der Waals surface area contributed by atoms with Crippen LogP contribution in [0.15, 0.2) is 64.9 Å². The van der Waals surface area contributed by atoms with Gasteiger partial charge in [-0.3, -0.25) is 9.52 Å². The number of amides is 1. The molecule has 31 heavy (non-hydrogen) atoms. The lowest BCUT2D eigenvalue weighted by atomic mass is 10.2. The molecule has 0 aliphatic carbocycles. The summed E-state index contributed by atoms with van der Waals surface area (Å²) >= 11 is 1.58. The Labute approximate surface area is 187 Å². The Bertz CT molecular complexity index is 1120. The van der Waals surface area contributed by atoms with Crippen LogP contribution in [0.3, 0.4) is 0 Å². The van der Waals surface area contributed by atoms with Crippen LogP contribution in [-0.2, 0) is 23.0 Å². The highest BCUT2D eigenvalue weighted by atomic mass is 32.2. The van der Waals surface area contributed by atoms with Crippen LogP contribution in [0.2, 0.25) is 0 Å². The molecular formula is C23H26N2O4S2. The van der Waals surface area contributed by atoms with Gasteiger partial charge in [-0.1, -0.05) is 25.1 Å². The number of nitrogens with zero attached hydrogens (tertiary/aromatic N) is 1. The van der Waals surface area contributed by atoms with Gasteiger partial charge in [-0.25, -0.2) is 8.42 Å². The van der Waals surface area contributed by atoms with Crippen molar-refractivity contribution in [2.45, 2.75) is 31.7 Å². The molecule has 0 saturated carbocycles. The van der Waals surface area contributed by atoms with Crippen LogP contribution in [0.4, 0.5) is 5.69 Å². The molecule has 8 heteroatoms. The number of ether oxygens (including phenoxy) is 1. The van der Waals surface area contributed by atoms with E-state index in [9.17, 15) is 13.2 Å². The Balaban J connectivity index is 1.90. The number of thiophene rings is 1. The second-order valence-corrected chi connectivity index (χ2v) is 9.60. The van der Waals surface area contributed by atoms with Crippen LogP contribution in [0, 0.1) is 0 Å². The van der Waals surface area contributed by atoms with Gasteiger partial charge in [0.15, 0.2) is 0 Å². The predicted octanol–water partition coefficient (Wildman–Crippen LogP) is 4.78. The van der Waals surface area contributed by atoms with Crippen molar-refractivity contribution in [3.05, 3.63) is 76.0 Å². The Morgan fingerprint density at radius 3 is 2.42 bits per heavy atom. The van der Waals surface area contributed by atoms with E-state index in [-0.39, 0.29) is 16.6 Å². The average molecular weight is 459 g/mol. The topological polar surface area (TPSA) is 75.7 Å². The number of anilines is 1. The van der Waals surface area contributed by atoms with Crippen molar-refractivity contribution in [3.8, 4) is 5.75 Å². The molecule has 0 aliphatic heterocycles. The number of hydrogen-bond donors (Lipinski definition) is 1. The molecule has 0 unspecified atom stereocenters. The molecule has 0 fully saturated rings. The first-order valence-corrected chi connectivity index (χ1v) is 12.4. The number of hydrogen-bond acceptors (Lipinski definition) is 5. The van der Waals surface area contributed by atoms with Crippen molar-refractivity contribution in [1.29, 1.82) is 0 Å². The van der Waals surface area contributed by atoms with E-state index in [0.29, 0.717) is 24.3 Å². The SMILES string of the molecule is CCc1ccc(NS(=O)(=O)c2cc(C(=O)N(CC)Cc3cccs3)ccc2OC)cc1. The molecular weight excluding hydrogens is 432 g/mol. The summed E-state index contributed by atoms with van der Waals surface area (Å²) in [5.41, 5.74) is 1.85. The molecule has 1 heterocycles. The predicted molar refractivity (Wildman–Crippen MR) is 124 cm³/mol. The van der Waals surface area contributed by atoms with Crippen LogP contribution < -0.4 is 9.46 Å². The normalized spacial score (nSPS) is 11.2. The van der Waals surface area contributed by atoms with Crippen molar-refractivity contribution in [2.75, 3.05) is 18.4 Å². The van der Waals surface area contributed by atoms with Gasteiger partial charge in [0, 0.05) is 22.7 Å². The van der Waals surface area contributed by atoms with E-state index < -0.39 is 10.0 Å². The third kappa shape index (κ3) is 5.45. The maximum atomic E-state index is 13.1. The summed E-state index contributed by atoms with van der Waals surface area (Å²) in [5.74, 6) is -0.0576. The molecule has 3 rings (SSSR count). The number of carbonyl (C=O) groups excluding carboxylic acids is 1. The lowest BCUT2D eigenvalue weighted by molar-refractivity contribution is 0.0754. The van der Waals surface area contributed by atoms with Crippen molar-refractivity contribution < 1.29 is 17.9 Å². The van der Waals surface area contributed by atoms with E-state index in [2.05, 4.69) is 4.72 Å². The standard InChI is InChI=1S/C23H26N2O4S2/c1-4-17-8-11-19(12-9-17)24-31(27,28)22-15-18(10-13-21(22)29-3)23(26)25(5-2)16-20-7-6-14-30-20/h6-15,24H,4-5,16H2,1-3H3. The summed E-state index contributed by atoms with van der Waals surface area (Å²) in [6.45, 7) is 4.91. The lowest BCUT2D eigenvalue weighted by Crippen LogP contribution is -2.30. The van der Waals surface area contributed by atoms with E-state index in [4.69, 9.17) is 4.74 Å². The molecule has 1 N–H and O–H groups in total. The van der Waals surface area contributed by atoms with E-state index >= 15 is 0 Å². The largest absolute Gasteiger partial charge is 0.495 e. The van der Waals surface area contributed by atoms with E-state index in [1.807, 2.05) is 43.5 Å². The number of rotatable bonds is 9. The highest BCUT2D eigenvalue weighted by molar-refractivity contribution is 7.92. The van der Waals surface area contributed by atoms with Gasteiger partial charge in [0.05, 0.1) is 13.7 Å². The van der Waals surface area contributed by atoms with E-state index in [1.165, 1.54) is 19.2 Å². The van der Waals surface area contributed by atoms with Crippen molar-refractivity contribution in [2.24, 2.45) is 0 Å². The minimum absolute atomic E-state index is 0.0763. The minimum Gasteiger partial charge on any atom is -0.495 e. The molecule has 0 bridgehead atoms. The maximum Gasteiger partial charge on any atom is 0.265 e. The summed E-state index contributed by atoms with van der Waals surface area (Å²) in [6, 6.07) is 15.6. The Morgan fingerprint density at radius 2 is 1.84 bits per heavy atom. The number of aryl methyl sites for hydroxylation is 1. The zero-order chi connectivity index (χ0) is 22.4. The van der Waals surface area contributed by atoms with Gasteiger partial charge in [-0.05, 0) is 60.7 Å². The first-order chi connectivity index (χ1) is 14.9. The Morgan fingerprint density at radius 1 is 1.10 bits per heavy atom. The highest BCUT2D eigenvalue weighted by Gasteiger charge is 2.24. The first-order valence-electron chi connectivity index (χ1n) is 9.99. The summed E-state index contributed by atoms with van der Waals surface area (Å²) in [5, 5.41) is 1.96. The average Bonchev–Trinajstić information content (AvgIpc) is 3.30. The fraction of sp³-hybridized carbons (Fsp3) is 0.261. The molecule has 0 radical (unpaired) electrons. The molecule has 0 atom stereocenters. The molecule has 0 saturated heterocycles. The number of methoxy groups -OCH3 is 1. The fourth-order valence-corrected chi connectivity index (χ4v) is 5.11. The molecule has 3 aromatic rings. The molecule has 1 aromatic heterocycles. The third-order valence-corrected chi connectivity index (χ3v) is 7.17. The van der Waals surface area contributed by atoms with Gasteiger partial charge in [0.25, 0.3) is 15.9 Å². The van der Waals surface area contributed by atoms with Gasteiger partial charge in [0.2, 0.25) is 0 Å². The van der Waals surface area contributed by atoms with Crippen LogP contribution in [0.5, 0.6) is 5.75 Å². The van der Waals surface area contributed by atoms with Crippen LogP contribution in [-0.4, -0.2) is 32.9 Å². The van der Waals surface area contributed by atoms with Crippen molar-refractivity contribution in [1.82, 2.24) is 4.90 Å². The van der Waals surface area contributed by atoms with Crippen molar-refractivity contribution >= 4 is 33.0 Å². The van der Waals surface area contributed by atoms with Gasteiger partial charge in [-0.15, -0.1) is 11.3 Å². The Hall–Kier alpha value is -2.84. The molecule has 2 aromatic carbocycles. The van der Waals surface area contributed by atoms with Crippen LogP contribution in [0.1, 0.15) is 34.6 Å². The zero-order valence-electron chi connectivity index (χ0n) is 17.8. The summed E-state index contributed by atoms with van der Waals surface area (Å²) < 4.78 is 34.0. The number of benzene rings is 2. The van der Waals surface area contributed by atoms with Crippen LogP contribution in [0.25, 0.3) is 0 Å². The Kier molecular flexibility index (Phi) is 7.35. The quantitative estimate of drug-likeness (QED) is 0.501. The maximum absolute atomic E-state index is 13.1. The van der Waals surface area contributed by atoms with Gasteiger partial charge >= 0.3 is 0 Å². The molecule has 164 valence electrons. The van der Waals surface area contributed by atoms with Gasteiger partial charge < -0.3 is 9.64 Å². The van der Waals surface area contributed by atoms with Crippen LogP contribution >= 0.6 is 11.3 Å². The number of sulfonamides is 1. The number of carbonyl (C=O) groups is 1. The second-order valence-electron chi connectivity index (χ2n) is 6.92. The molecule has 6 nitrogen and oxygen atoms in total. The second kappa shape index (κ2) is 9.98. The van der Waals surface area contributed by atoms with Crippen molar-refractivity contribution in [3.63, 3.8) is 0 Å². The lowest BCUT2D eigenvalue weighted by Gasteiger charge is -2.21. The zero-order valence-corrected chi connectivity index (χ0v) is 19.4. The summed E-state index contributed by atoms with van der Waals surface area (Å²) in [6.07, 6.45) is 0.865. The molecule has 0 aliphatic rings. The highest BCUT2D eigenvalue weighted by Crippen LogP contribution is 2.28. The summed E-state index contributed by atoms with van der Waals surface area (Å²) in [7, 11) is -2.55. The van der Waals surface area contributed by atoms with Gasteiger partial charge in [0.1, 0.15) is 10.6 Å². The van der Waals surface area contributed by atoms with Gasteiger partial charge in [-0.2, -0.15) is 0 Å². The summed E-state index contributed by atoms with van der Waals surface area (Å²) in [4.78, 5) is 15.8. The molecule has 1 amide bonds. The van der Waals surface area contributed by atoms with E-state index in [1.54, 1.807) is 34.4 Å². The third-order valence-electron chi connectivity index (χ3n) is 4.91. The minimum atomic E-state index is -3.96. The molecule has 0 spiro atoms. The first kappa shape index (κ1) is 22.8. The van der Waals surface area contributed by atoms with E-state index in [0.717, 1.165) is 16.9 Å². The fourth-order valence-electron chi connectivity index (χ4n) is 3.14. The number of nitrogens with one attached hydrogen (secondary N) is 1. The smallest absolute Gasteiger partial charge is 0.265 e. The monoisotopic (exact) mass is 458 g/mol.